The molecular weight excluding hydrogens is 198 g/mol. The summed E-state index contributed by atoms with van der Waals surface area (Å²) >= 11 is 0. The van der Waals surface area contributed by atoms with Crippen LogP contribution in [-0.2, 0) is 0 Å². The first-order chi connectivity index (χ1) is 7.49. The molecule has 1 rings (SSSR count). The fourth-order valence-electron chi connectivity index (χ4n) is 2.89. The molecule has 0 saturated heterocycles. The van der Waals surface area contributed by atoms with Gasteiger partial charge in [-0.1, -0.05) is 33.1 Å². The van der Waals surface area contributed by atoms with Gasteiger partial charge in [0, 0.05) is 6.54 Å². The molecule has 2 heteroatoms. The van der Waals surface area contributed by atoms with Gasteiger partial charge in [-0.2, -0.15) is 0 Å². The van der Waals surface area contributed by atoms with Crippen molar-refractivity contribution in [2.45, 2.75) is 64.9 Å². The normalized spacial score (nSPS) is 22.3. The van der Waals surface area contributed by atoms with Crippen LogP contribution < -0.4 is 5.32 Å². The molecule has 2 N–H and O–H groups in total. The van der Waals surface area contributed by atoms with Crippen molar-refractivity contribution in [1.82, 2.24) is 5.32 Å². The molecule has 0 aliphatic heterocycles. The van der Waals surface area contributed by atoms with Crippen LogP contribution in [0.1, 0.15) is 59.3 Å². The number of hydrogen-bond donors (Lipinski definition) is 2. The summed E-state index contributed by atoms with van der Waals surface area (Å²) in [5.74, 6) is 1.41. The summed E-state index contributed by atoms with van der Waals surface area (Å²) in [6.07, 6.45) is 7.84. The van der Waals surface area contributed by atoms with Gasteiger partial charge in [0.1, 0.15) is 0 Å². The second-order valence-corrected chi connectivity index (χ2v) is 6.23. The van der Waals surface area contributed by atoms with Gasteiger partial charge < -0.3 is 10.4 Å². The van der Waals surface area contributed by atoms with Gasteiger partial charge in [-0.15, -0.1) is 0 Å². The highest BCUT2D eigenvalue weighted by Crippen LogP contribution is 2.23. The van der Waals surface area contributed by atoms with Crippen molar-refractivity contribution >= 4 is 0 Å². The van der Waals surface area contributed by atoms with Crippen LogP contribution in [0.5, 0.6) is 0 Å². The summed E-state index contributed by atoms with van der Waals surface area (Å²) in [5.41, 5.74) is -0.539. The number of nitrogens with one attached hydrogen (secondary N) is 1. The first kappa shape index (κ1) is 14.0. The third kappa shape index (κ3) is 5.86. The summed E-state index contributed by atoms with van der Waals surface area (Å²) in [6.45, 7) is 8.10. The molecule has 1 atom stereocenters. The monoisotopic (exact) mass is 227 g/mol. The van der Waals surface area contributed by atoms with Crippen LogP contribution in [-0.4, -0.2) is 23.8 Å². The van der Waals surface area contributed by atoms with Crippen molar-refractivity contribution < 1.29 is 5.11 Å². The van der Waals surface area contributed by atoms with Crippen molar-refractivity contribution in [3.63, 3.8) is 0 Å². The van der Waals surface area contributed by atoms with Gasteiger partial charge in [-0.3, -0.25) is 0 Å². The van der Waals surface area contributed by atoms with E-state index in [0.29, 0.717) is 5.92 Å². The summed E-state index contributed by atoms with van der Waals surface area (Å²) in [5, 5.41) is 13.6. The Bertz CT molecular complexity index is 183. The van der Waals surface area contributed by atoms with Gasteiger partial charge in [0.15, 0.2) is 0 Å². The SMILES string of the molecule is CC(C)CC(C)(O)CNCC1CCCCC1. The molecule has 0 aromatic carbocycles. The molecule has 0 bridgehead atoms. The van der Waals surface area contributed by atoms with E-state index in [0.717, 1.165) is 25.4 Å². The van der Waals surface area contributed by atoms with Crippen molar-refractivity contribution in [2.24, 2.45) is 11.8 Å². The van der Waals surface area contributed by atoms with E-state index in [4.69, 9.17) is 0 Å². The Kier molecular flexibility index (Phi) is 5.77. The molecule has 0 amide bonds. The Hall–Kier alpha value is -0.0800. The average molecular weight is 227 g/mol. The molecule has 1 saturated carbocycles. The van der Waals surface area contributed by atoms with Crippen LogP contribution in [0, 0.1) is 11.8 Å². The predicted octanol–water partition coefficient (Wildman–Crippen LogP) is 2.95. The molecule has 16 heavy (non-hydrogen) atoms. The van der Waals surface area contributed by atoms with Crippen LogP contribution in [0.2, 0.25) is 0 Å². The van der Waals surface area contributed by atoms with Gasteiger partial charge in [0.05, 0.1) is 5.60 Å². The van der Waals surface area contributed by atoms with Crippen molar-refractivity contribution in [2.75, 3.05) is 13.1 Å². The maximum absolute atomic E-state index is 10.2. The minimum absolute atomic E-state index is 0.539. The summed E-state index contributed by atoms with van der Waals surface area (Å²) in [6, 6.07) is 0. The van der Waals surface area contributed by atoms with E-state index in [-0.39, 0.29) is 0 Å². The van der Waals surface area contributed by atoms with Gasteiger partial charge >= 0.3 is 0 Å². The lowest BCUT2D eigenvalue weighted by atomic mass is 9.89. The fraction of sp³-hybridized carbons (Fsp3) is 1.00. The number of rotatable bonds is 6. The Morgan fingerprint density at radius 3 is 2.44 bits per heavy atom. The summed E-state index contributed by atoms with van der Waals surface area (Å²) in [4.78, 5) is 0. The predicted molar refractivity (Wildman–Crippen MR) is 69.5 cm³/mol. The molecule has 0 radical (unpaired) electrons. The maximum Gasteiger partial charge on any atom is 0.0746 e. The van der Waals surface area contributed by atoms with E-state index in [1.54, 1.807) is 0 Å². The van der Waals surface area contributed by atoms with E-state index < -0.39 is 5.60 Å². The standard InChI is InChI=1S/C14H29NO/c1-12(2)9-14(3,16)11-15-10-13-7-5-4-6-8-13/h12-13,15-16H,4-11H2,1-3H3. The highest BCUT2D eigenvalue weighted by Gasteiger charge is 2.22. The second kappa shape index (κ2) is 6.61. The minimum atomic E-state index is -0.539. The topological polar surface area (TPSA) is 32.3 Å². The lowest BCUT2D eigenvalue weighted by molar-refractivity contribution is 0.0374. The molecule has 0 aromatic heterocycles. The lowest BCUT2D eigenvalue weighted by Gasteiger charge is -2.28. The van der Waals surface area contributed by atoms with E-state index in [1.807, 2.05) is 6.92 Å². The minimum Gasteiger partial charge on any atom is -0.389 e. The maximum atomic E-state index is 10.2. The largest absolute Gasteiger partial charge is 0.389 e. The smallest absolute Gasteiger partial charge is 0.0746 e. The number of hydrogen-bond acceptors (Lipinski definition) is 2. The van der Waals surface area contributed by atoms with E-state index in [1.165, 1.54) is 32.1 Å². The quantitative estimate of drug-likeness (QED) is 0.731. The zero-order chi connectivity index (χ0) is 12.0. The van der Waals surface area contributed by atoms with Crippen LogP contribution in [0.3, 0.4) is 0 Å². The van der Waals surface area contributed by atoms with Crippen LogP contribution in [0.15, 0.2) is 0 Å². The molecule has 2 nitrogen and oxygen atoms in total. The molecule has 1 aliphatic rings. The molecule has 0 aromatic rings. The molecular formula is C14H29NO. The average Bonchev–Trinajstić information content (AvgIpc) is 2.16. The van der Waals surface area contributed by atoms with Gasteiger partial charge in [-0.25, -0.2) is 0 Å². The number of aliphatic hydroxyl groups is 1. The van der Waals surface area contributed by atoms with Crippen LogP contribution in [0.4, 0.5) is 0 Å². The fourth-order valence-corrected chi connectivity index (χ4v) is 2.89. The first-order valence-electron chi connectivity index (χ1n) is 6.93. The Balaban J connectivity index is 2.13. The molecule has 0 spiro atoms. The third-order valence-electron chi connectivity index (χ3n) is 3.51. The van der Waals surface area contributed by atoms with Crippen molar-refractivity contribution in [3.05, 3.63) is 0 Å². The first-order valence-corrected chi connectivity index (χ1v) is 6.93. The Morgan fingerprint density at radius 1 is 1.25 bits per heavy atom. The van der Waals surface area contributed by atoms with E-state index in [9.17, 15) is 5.11 Å². The third-order valence-corrected chi connectivity index (χ3v) is 3.51. The Morgan fingerprint density at radius 2 is 1.88 bits per heavy atom. The van der Waals surface area contributed by atoms with E-state index in [2.05, 4.69) is 19.2 Å². The zero-order valence-electron chi connectivity index (χ0n) is 11.3. The molecule has 0 heterocycles. The van der Waals surface area contributed by atoms with Crippen molar-refractivity contribution in [3.8, 4) is 0 Å². The summed E-state index contributed by atoms with van der Waals surface area (Å²) < 4.78 is 0. The van der Waals surface area contributed by atoms with Gasteiger partial charge in [-0.05, 0) is 44.6 Å². The van der Waals surface area contributed by atoms with Gasteiger partial charge in [0.25, 0.3) is 0 Å². The van der Waals surface area contributed by atoms with Crippen molar-refractivity contribution in [1.29, 1.82) is 0 Å². The van der Waals surface area contributed by atoms with E-state index >= 15 is 0 Å². The zero-order valence-corrected chi connectivity index (χ0v) is 11.3. The Labute approximate surface area is 101 Å². The molecule has 1 aliphatic carbocycles. The second-order valence-electron chi connectivity index (χ2n) is 6.23. The summed E-state index contributed by atoms with van der Waals surface area (Å²) in [7, 11) is 0. The van der Waals surface area contributed by atoms with Crippen LogP contribution >= 0.6 is 0 Å². The molecule has 1 fully saturated rings. The van der Waals surface area contributed by atoms with Crippen LogP contribution in [0.25, 0.3) is 0 Å². The molecule has 96 valence electrons. The lowest BCUT2D eigenvalue weighted by Crippen LogP contribution is -2.40. The van der Waals surface area contributed by atoms with Gasteiger partial charge in [0.2, 0.25) is 0 Å². The highest BCUT2D eigenvalue weighted by molar-refractivity contribution is 4.78. The highest BCUT2D eigenvalue weighted by atomic mass is 16.3. The molecule has 1 unspecified atom stereocenters.